The summed E-state index contributed by atoms with van der Waals surface area (Å²) in [5, 5.41) is 6.30. The summed E-state index contributed by atoms with van der Waals surface area (Å²) in [6.07, 6.45) is 2.80. The number of fused-ring (bicyclic) bond motifs is 3. The van der Waals surface area contributed by atoms with Gasteiger partial charge in [0.25, 0.3) is 11.8 Å². The summed E-state index contributed by atoms with van der Waals surface area (Å²) < 4.78 is 11.3. The Kier molecular flexibility index (Phi) is 7.09. The topological polar surface area (TPSA) is 131 Å². The molecule has 0 spiro atoms. The molecule has 0 aromatic carbocycles. The van der Waals surface area contributed by atoms with Gasteiger partial charge in [-0.15, -0.1) is 0 Å². The summed E-state index contributed by atoms with van der Waals surface area (Å²) >= 11 is 5.95. The second kappa shape index (κ2) is 9.34. The van der Waals surface area contributed by atoms with E-state index in [1.807, 2.05) is 13.8 Å². The molecule has 3 aliphatic rings. The number of anilines is 1. The molecule has 0 unspecified atom stereocenters. The molecule has 33 heavy (non-hydrogen) atoms. The fourth-order valence-electron chi connectivity index (χ4n) is 4.01. The van der Waals surface area contributed by atoms with Crippen molar-refractivity contribution in [1.29, 1.82) is 0 Å². The van der Waals surface area contributed by atoms with E-state index in [0.717, 1.165) is 0 Å². The Hall–Kier alpha value is -2.59. The minimum Gasteiger partial charge on any atom is -0.444 e. The molecule has 1 aromatic rings. The minimum absolute atomic E-state index is 0.0657. The zero-order valence-corrected chi connectivity index (χ0v) is 20.4. The molecule has 0 atom stereocenters. The molecule has 1 aliphatic carbocycles. The summed E-state index contributed by atoms with van der Waals surface area (Å²) in [6, 6.07) is 1.62. The lowest BCUT2D eigenvalue weighted by Gasteiger charge is -2.51. The van der Waals surface area contributed by atoms with Gasteiger partial charge >= 0.3 is 6.09 Å². The first-order valence-electron chi connectivity index (χ1n) is 11.0. The van der Waals surface area contributed by atoms with Crippen molar-refractivity contribution >= 4 is 35.2 Å². The first-order valence-corrected chi connectivity index (χ1v) is 11.4. The number of pyridine rings is 1. The first-order chi connectivity index (χ1) is 15.3. The third-order valence-corrected chi connectivity index (χ3v) is 5.88. The Labute approximate surface area is 198 Å². The van der Waals surface area contributed by atoms with Gasteiger partial charge in [0.15, 0.2) is 0 Å². The van der Waals surface area contributed by atoms with E-state index in [4.69, 9.17) is 21.1 Å². The van der Waals surface area contributed by atoms with Crippen LogP contribution in [0.3, 0.4) is 0 Å². The van der Waals surface area contributed by atoms with Gasteiger partial charge in [0.1, 0.15) is 16.4 Å². The van der Waals surface area contributed by atoms with Crippen LogP contribution in [0, 0.1) is 0 Å². The van der Waals surface area contributed by atoms with Crippen LogP contribution in [0.5, 0.6) is 0 Å². The number of aromatic nitrogens is 1. The number of ether oxygens (including phenoxy) is 2. The van der Waals surface area contributed by atoms with Crippen LogP contribution in [0.2, 0.25) is 5.15 Å². The van der Waals surface area contributed by atoms with E-state index in [-0.39, 0.29) is 23.4 Å². The van der Waals surface area contributed by atoms with Gasteiger partial charge in [-0.25, -0.2) is 9.78 Å². The number of hydrogen-bond donors (Lipinski definition) is 4. The quantitative estimate of drug-likeness (QED) is 0.375. The third-order valence-electron chi connectivity index (χ3n) is 5.67. The number of hydrogen-bond acceptors (Lipinski definition) is 7. The van der Waals surface area contributed by atoms with Crippen LogP contribution in [0.25, 0.3) is 0 Å². The molecular weight excluding hydrogens is 450 g/mol. The van der Waals surface area contributed by atoms with E-state index in [9.17, 15) is 14.4 Å². The Morgan fingerprint density at radius 3 is 2.36 bits per heavy atom. The van der Waals surface area contributed by atoms with E-state index in [1.165, 1.54) is 6.20 Å². The van der Waals surface area contributed by atoms with Crippen molar-refractivity contribution in [3.05, 3.63) is 23.0 Å². The predicted molar refractivity (Wildman–Crippen MR) is 123 cm³/mol. The standard InChI is InChI=1S/C22H32ClN5O5/c1-13(2)25-15-10-16(23)24-11-14(15)17(29)27-28-18(30)22-8-6-21(7-9-22,12-32-22)26-19(31)33-20(3,4)5/h10-11,13H,6-9,12H2,1-5H3,(H,24,25)(H,26,31)(H,27,29)(H,28,30). The van der Waals surface area contributed by atoms with E-state index in [2.05, 4.69) is 26.5 Å². The number of nitrogens with zero attached hydrogens (tertiary/aromatic N) is 1. The number of carbonyl (C=O) groups is 3. The normalized spacial score (nSPS) is 24.2. The van der Waals surface area contributed by atoms with Gasteiger partial charge in [-0.1, -0.05) is 11.6 Å². The van der Waals surface area contributed by atoms with Crippen LogP contribution in [-0.2, 0) is 14.3 Å². The number of rotatable bonds is 5. The largest absolute Gasteiger partial charge is 0.444 e. The lowest BCUT2D eigenvalue weighted by Crippen LogP contribution is -2.67. The summed E-state index contributed by atoms with van der Waals surface area (Å²) in [5.41, 5.74) is 3.48. The number of nitrogens with one attached hydrogen (secondary N) is 4. The summed E-state index contributed by atoms with van der Waals surface area (Å²) in [4.78, 5) is 41.8. The Balaban J connectivity index is 1.58. The smallest absolute Gasteiger partial charge is 0.408 e. The summed E-state index contributed by atoms with van der Waals surface area (Å²) in [6.45, 7) is 9.45. The van der Waals surface area contributed by atoms with Gasteiger partial charge in [-0.05, 0) is 66.4 Å². The van der Waals surface area contributed by atoms with Crippen LogP contribution in [0.1, 0.15) is 70.7 Å². The van der Waals surface area contributed by atoms with Crippen LogP contribution in [-0.4, -0.2) is 52.3 Å². The fraction of sp³-hybridized carbons (Fsp3) is 0.636. The number of carbonyl (C=O) groups excluding carboxylic acids is 3. The molecule has 2 bridgehead atoms. The molecule has 3 fully saturated rings. The molecule has 1 saturated carbocycles. The van der Waals surface area contributed by atoms with Gasteiger partial charge in [0.2, 0.25) is 0 Å². The molecule has 2 saturated heterocycles. The van der Waals surface area contributed by atoms with E-state index < -0.39 is 34.6 Å². The number of amides is 3. The van der Waals surface area contributed by atoms with Crippen molar-refractivity contribution < 1.29 is 23.9 Å². The van der Waals surface area contributed by atoms with Gasteiger partial charge in [0.05, 0.1) is 23.4 Å². The molecule has 182 valence electrons. The van der Waals surface area contributed by atoms with E-state index >= 15 is 0 Å². The maximum Gasteiger partial charge on any atom is 0.408 e. The average Bonchev–Trinajstić information content (AvgIpc) is 2.71. The van der Waals surface area contributed by atoms with Gasteiger partial charge in [-0.3, -0.25) is 20.4 Å². The highest BCUT2D eigenvalue weighted by Gasteiger charge is 2.54. The van der Waals surface area contributed by atoms with Crippen molar-refractivity contribution in [2.75, 3.05) is 11.9 Å². The van der Waals surface area contributed by atoms with Gasteiger partial charge in [-0.2, -0.15) is 0 Å². The lowest BCUT2D eigenvalue weighted by molar-refractivity contribution is -0.181. The second-order valence-electron chi connectivity index (χ2n) is 9.95. The van der Waals surface area contributed by atoms with Crippen LogP contribution in [0.15, 0.2) is 12.3 Å². The van der Waals surface area contributed by atoms with Gasteiger partial charge < -0.3 is 20.1 Å². The Morgan fingerprint density at radius 2 is 1.82 bits per heavy atom. The molecule has 0 radical (unpaired) electrons. The maximum absolute atomic E-state index is 12.9. The Morgan fingerprint density at radius 1 is 1.15 bits per heavy atom. The highest BCUT2D eigenvalue weighted by molar-refractivity contribution is 6.29. The molecule has 2 aliphatic heterocycles. The second-order valence-corrected chi connectivity index (χ2v) is 10.3. The van der Waals surface area contributed by atoms with E-state index in [0.29, 0.717) is 31.4 Å². The molecule has 4 N–H and O–H groups in total. The SMILES string of the molecule is CC(C)Nc1cc(Cl)ncc1C(=O)NNC(=O)C12CCC(NC(=O)OC(C)(C)C)(CC1)CO2. The van der Waals surface area contributed by atoms with Crippen molar-refractivity contribution in [1.82, 2.24) is 21.2 Å². The van der Waals surface area contributed by atoms with Crippen LogP contribution < -0.4 is 21.5 Å². The molecule has 4 rings (SSSR count). The Bertz CT molecular complexity index is 906. The van der Waals surface area contributed by atoms with Crippen LogP contribution >= 0.6 is 11.6 Å². The van der Waals surface area contributed by atoms with E-state index in [1.54, 1.807) is 26.8 Å². The molecule has 3 amide bonds. The molecular formula is C22H32ClN5O5. The highest BCUT2D eigenvalue weighted by atomic mass is 35.5. The molecule has 10 nitrogen and oxygen atoms in total. The fourth-order valence-corrected chi connectivity index (χ4v) is 4.17. The van der Waals surface area contributed by atoms with Crippen molar-refractivity contribution in [3.63, 3.8) is 0 Å². The predicted octanol–water partition coefficient (Wildman–Crippen LogP) is 2.92. The molecule has 3 heterocycles. The maximum atomic E-state index is 12.9. The van der Waals surface area contributed by atoms with Gasteiger partial charge in [0, 0.05) is 12.2 Å². The molecule has 11 heteroatoms. The summed E-state index contributed by atoms with van der Waals surface area (Å²) in [5.74, 6) is -0.957. The zero-order chi connectivity index (χ0) is 24.4. The summed E-state index contributed by atoms with van der Waals surface area (Å²) in [7, 11) is 0. The highest BCUT2D eigenvalue weighted by Crippen LogP contribution is 2.43. The third kappa shape index (κ3) is 6.05. The monoisotopic (exact) mass is 481 g/mol. The number of hydrazine groups is 1. The number of alkyl carbamates (subject to hydrolysis) is 1. The minimum atomic E-state index is -1.05. The van der Waals surface area contributed by atoms with Crippen molar-refractivity contribution in [3.8, 4) is 0 Å². The van der Waals surface area contributed by atoms with Crippen LogP contribution in [0.4, 0.5) is 10.5 Å². The molecule has 1 aromatic heterocycles. The average molecular weight is 482 g/mol. The lowest BCUT2D eigenvalue weighted by atomic mass is 9.71. The van der Waals surface area contributed by atoms with Crippen molar-refractivity contribution in [2.24, 2.45) is 0 Å². The van der Waals surface area contributed by atoms with Crippen molar-refractivity contribution in [2.45, 2.75) is 83.1 Å². The first kappa shape index (κ1) is 25.0. The number of halogens is 1. The zero-order valence-electron chi connectivity index (χ0n) is 19.6.